The SMILES string of the molecule is CCCCC/C=C\C/C=C\CCCCCCCC(=O)OCC.CCCCC/C=C\C/C=C\CCCCCCCC(=O)OCC. The third-order valence-electron chi connectivity index (χ3n) is 7.27. The Balaban J connectivity index is 0. The largest absolute Gasteiger partial charge is 0.466 e. The monoisotopic (exact) mass is 617 g/mol. The second-order valence-corrected chi connectivity index (χ2v) is 11.6. The topological polar surface area (TPSA) is 52.6 Å². The average molecular weight is 617 g/mol. The first kappa shape index (κ1) is 44.0. The minimum absolute atomic E-state index is 0.0480. The lowest BCUT2D eigenvalue weighted by molar-refractivity contribution is -0.144. The second kappa shape index (κ2) is 40.9. The molecule has 0 aromatic heterocycles. The van der Waals surface area contributed by atoms with Crippen LogP contribution in [0.15, 0.2) is 48.6 Å². The van der Waals surface area contributed by atoms with Gasteiger partial charge in [0.15, 0.2) is 0 Å². The number of esters is 2. The molecule has 0 aliphatic rings. The van der Waals surface area contributed by atoms with Crippen molar-refractivity contribution >= 4 is 11.9 Å². The second-order valence-electron chi connectivity index (χ2n) is 11.6. The number of carbonyl (C=O) groups excluding carboxylic acids is 2. The highest BCUT2D eigenvalue weighted by Gasteiger charge is 2.01. The molecule has 0 aliphatic carbocycles. The van der Waals surface area contributed by atoms with Gasteiger partial charge in [-0.2, -0.15) is 0 Å². The van der Waals surface area contributed by atoms with E-state index in [4.69, 9.17) is 9.47 Å². The molecule has 4 nitrogen and oxygen atoms in total. The van der Waals surface area contributed by atoms with E-state index in [-0.39, 0.29) is 11.9 Å². The lowest BCUT2D eigenvalue weighted by Crippen LogP contribution is -2.03. The first-order chi connectivity index (χ1) is 21.6. The van der Waals surface area contributed by atoms with Crippen LogP contribution >= 0.6 is 0 Å². The molecule has 0 spiro atoms. The van der Waals surface area contributed by atoms with Crippen molar-refractivity contribution < 1.29 is 19.1 Å². The molecule has 0 heterocycles. The smallest absolute Gasteiger partial charge is 0.305 e. The maximum Gasteiger partial charge on any atom is 0.305 e. The fourth-order valence-electron chi connectivity index (χ4n) is 4.63. The van der Waals surface area contributed by atoms with E-state index in [0.717, 1.165) is 38.5 Å². The Morgan fingerprint density at radius 2 is 0.682 bits per heavy atom. The molecule has 0 saturated carbocycles. The Kier molecular flexibility index (Phi) is 40.9. The zero-order valence-electron chi connectivity index (χ0n) is 29.6. The highest BCUT2D eigenvalue weighted by molar-refractivity contribution is 5.69. The van der Waals surface area contributed by atoms with Crippen molar-refractivity contribution in [3.8, 4) is 0 Å². The maximum absolute atomic E-state index is 11.1. The van der Waals surface area contributed by atoms with Crippen LogP contribution in [0, 0.1) is 0 Å². The molecule has 0 aliphatic heterocycles. The fraction of sp³-hybridized carbons (Fsp3) is 0.750. The molecule has 4 heteroatoms. The van der Waals surface area contributed by atoms with Gasteiger partial charge >= 0.3 is 11.9 Å². The zero-order valence-corrected chi connectivity index (χ0v) is 29.6. The Hall–Kier alpha value is -2.10. The van der Waals surface area contributed by atoms with Crippen molar-refractivity contribution in [1.29, 1.82) is 0 Å². The summed E-state index contributed by atoms with van der Waals surface area (Å²) in [6.45, 7) is 9.19. The van der Waals surface area contributed by atoms with Gasteiger partial charge in [0, 0.05) is 12.8 Å². The van der Waals surface area contributed by atoms with Gasteiger partial charge in [0.1, 0.15) is 0 Å². The van der Waals surface area contributed by atoms with Crippen molar-refractivity contribution in [2.45, 2.75) is 182 Å². The zero-order chi connectivity index (χ0) is 32.6. The normalized spacial score (nSPS) is 11.5. The highest BCUT2D eigenvalue weighted by Crippen LogP contribution is 2.10. The summed E-state index contributed by atoms with van der Waals surface area (Å²) in [5.41, 5.74) is 0. The quantitative estimate of drug-likeness (QED) is 0.0457. The number of rotatable bonds is 30. The number of hydrogen-bond donors (Lipinski definition) is 0. The molecular formula is C40H72O4. The Labute approximate surface area is 274 Å². The highest BCUT2D eigenvalue weighted by atomic mass is 16.5. The van der Waals surface area contributed by atoms with Gasteiger partial charge in [-0.1, -0.05) is 127 Å². The first-order valence-electron chi connectivity index (χ1n) is 18.5. The van der Waals surface area contributed by atoms with Gasteiger partial charge in [-0.3, -0.25) is 9.59 Å². The standard InChI is InChI=1S/2C20H36O2/c2*1-3-5-6-7-8-9-10-11-12-13-14-15-16-17-18-19-20(21)22-4-2/h2*8-9,11-12H,3-7,10,13-19H2,1-2H3/b2*9-8-,12-11-. The van der Waals surface area contributed by atoms with E-state index >= 15 is 0 Å². The minimum atomic E-state index is -0.0480. The van der Waals surface area contributed by atoms with Crippen LogP contribution in [0.4, 0.5) is 0 Å². The molecule has 0 amide bonds. The lowest BCUT2D eigenvalue weighted by atomic mass is 10.1. The summed E-state index contributed by atoms with van der Waals surface area (Å²) in [7, 11) is 0. The van der Waals surface area contributed by atoms with Gasteiger partial charge in [-0.15, -0.1) is 0 Å². The van der Waals surface area contributed by atoms with Gasteiger partial charge in [-0.05, 0) is 90.9 Å². The summed E-state index contributed by atoms with van der Waals surface area (Å²) in [6, 6.07) is 0. The van der Waals surface area contributed by atoms with Gasteiger partial charge < -0.3 is 9.47 Å². The summed E-state index contributed by atoms with van der Waals surface area (Å²) in [5, 5.41) is 0. The van der Waals surface area contributed by atoms with Gasteiger partial charge in [-0.25, -0.2) is 0 Å². The van der Waals surface area contributed by atoms with Crippen LogP contribution < -0.4 is 0 Å². The fourth-order valence-corrected chi connectivity index (χ4v) is 4.63. The predicted molar refractivity (Wildman–Crippen MR) is 192 cm³/mol. The van der Waals surface area contributed by atoms with Crippen molar-refractivity contribution in [1.82, 2.24) is 0 Å². The molecule has 0 N–H and O–H groups in total. The van der Waals surface area contributed by atoms with E-state index in [9.17, 15) is 9.59 Å². The van der Waals surface area contributed by atoms with Crippen LogP contribution in [0.3, 0.4) is 0 Å². The van der Waals surface area contributed by atoms with E-state index in [0.29, 0.717) is 26.1 Å². The Morgan fingerprint density at radius 3 is 1.00 bits per heavy atom. The molecule has 0 rings (SSSR count). The van der Waals surface area contributed by atoms with Crippen LogP contribution in [0.25, 0.3) is 0 Å². The van der Waals surface area contributed by atoms with Crippen molar-refractivity contribution in [2.75, 3.05) is 13.2 Å². The summed E-state index contributed by atoms with van der Waals surface area (Å²) < 4.78 is 9.81. The summed E-state index contributed by atoms with van der Waals surface area (Å²) in [5.74, 6) is -0.0960. The predicted octanol–water partition coefficient (Wildman–Crippen LogP) is 12.7. The number of allylic oxidation sites excluding steroid dienone is 8. The van der Waals surface area contributed by atoms with Crippen LogP contribution in [0.5, 0.6) is 0 Å². The van der Waals surface area contributed by atoms with E-state index in [1.54, 1.807) is 0 Å². The molecule has 0 unspecified atom stereocenters. The van der Waals surface area contributed by atoms with Crippen LogP contribution in [0.1, 0.15) is 182 Å². The third kappa shape index (κ3) is 42.0. The summed E-state index contributed by atoms with van der Waals surface area (Å²) in [4.78, 5) is 22.3. The lowest BCUT2D eigenvalue weighted by Gasteiger charge is -2.01. The van der Waals surface area contributed by atoms with Gasteiger partial charge in [0.25, 0.3) is 0 Å². The molecule has 0 radical (unpaired) electrons. The minimum Gasteiger partial charge on any atom is -0.466 e. The summed E-state index contributed by atoms with van der Waals surface area (Å²) >= 11 is 0. The van der Waals surface area contributed by atoms with Crippen molar-refractivity contribution in [3.63, 3.8) is 0 Å². The van der Waals surface area contributed by atoms with Crippen molar-refractivity contribution in [3.05, 3.63) is 48.6 Å². The van der Waals surface area contributed by atoms with Crippen LogP contribution in [-0.4, -0.2) is 25.2 Å². The van der Waals surface area contributed by atoms with Gasteiger partial charge in [0.05, 0.1) is 13.2 Å². The average Bonchev–Trinajstić information content (AvgIpc) is 3.01. The van der Waals surface area contributed by atoms with Crippen LogP contribution in [-0.2, 0) is 19.1 Å². The van der Waals surface area contributed by atoms with Crippen molar-refractivity contribution in [2.24, 2.45) is 0 Å². The number of carbonyl (C=O) groups is 2. The molecule has 0 aromatic carbocycles. The number of ether oxygens (including phenoxy) is 2. The van der Waals surface area contributed by atoms with Gasteiger partial charge in [0.2, 0.25) is 0 Å². The van der Waals surface area contributed by atoms with E-state index < -0.39 is 0 Å². The maximum atomic E-state index is 11.1. The molecule has 44 heavy (non-hydrogen) atoms. The van der Waals surface area contributed by atoms with E-state index in [1.165, 1.54) is 103 Å². The molecule has 0 saturated heterocycles. The Morgan fingerprint density at radius 1 is 0.386 bits per heavy atom. The molecule has 0 aromatic rings. The number of hydrogen-bond acceptors (Lipinski definition) is 4. The molecule has 256 valence electrons. The van der Waals surface area contributed by atoms with E-state index in [1.807, 2.05) is 13.8 Å². The number of unbranched alkanes of at least 4 members (excludes halogenated alkanes) is 16. The third-order valence-corrected chi connectivity index (χ3v) is 7.27. The van der Waals surface area contributed by atoms with Crippen LogP contribution in [0.2, 0.25) is 0 Å². The molecule has 0 fully saturated rings. The molecule has 0 bridgehead atoms. The summed E-state index contributed by atoms with van der Waals surface area (Å²) in [6.07, 6.45) is 46.1. The van der Waals surface area contributed by atoms with E-state index in [2.05, 4.69) is 62.5 Å². The molecule has 0 atom stereocenters. The Bertz CT molecular complexity index is 644. The first-order valence-corrected chi connectivity index (χ1v) is 18.5. The molecular weight excluding hydrogens is 544 g/mol.